The second-order valence-electron chi connectivity index (χ2n) is 3.69. The van der Waals surface area contributed by atoms with Crippen LogP contribution in [0.4, 0.5) is 0 Å². The van der Waals surface area contributed by atoms with Crippen molar-refractivity contribution in [2.24, 2.45) is 10.5 Å². The van der Waals surface area contributed by atoms with Crippen LogP contribution in [0.3, 0.4) is 0 Å². The third-order valence-corrected chi connectivity index (χ3v) is 1.53. The second-order valence-corrected chi connectivity index (χ2v) is 3.69. The van der Waals surface area contributed by atoms with Crippen LogP contribution < -0.4 is 0 Å². The minimum Gasteiger partial charge on any atom is -0.465 e. The number of carbonyl (C=O) groups excluding carboxylic acids is 1. The Balaban J connectivity index is 3.68. The molecule has 6 nitrogen and oxygen atoms in total. The van der Waals surface area contributed by atoms with Gasteiger partial charge in [0.05, 0.1) is 19.6 Å². The summed E-state index contributed by atoms with van der Waals surface area (Å²) >= 11 is 0. The van der Waals surface area contributed by atoms with Crippen LogP contribution in [0.25, 0.3) is 10.4 Å². The molecule has 0 amide bonds. The van der Waals surface area contributed by atoms with Crippen LogP contribution in [0.2, 0.25) is 0 Å². The minimum absolute atomic E-state index is 0.0450. The Labute approximate surface area is 82.5 Å². The lowest BCUT2D eigenvalue weighted by Gasteiger charge is -2.20. The summed E-state index contributed by atoms with van der Waals surface area (Å²) in [5.41, 5.74) is 7.53. The molecule has 0 aliphatic heterocycles. The number of carbonyl (C=O) groups is 1. The third kappa shape index (κ3) is 6.28. The molecule has 0 saturated carbocycles. The predicted molar refractivity (Wildman–Crippen MR) is 50.5 cm³/mol. The maximum absolute atomic E-state index is 11.0. The number of rotatable bonds is 6. The van der Waals surface area contributed by atoms with Gasteiger partial charge in [0.25, 0.3) is 0 Å². The Morgan fingerprint density at radius 2 is 2.29 bits per heavy atom. The number of aliphatic hydroxyl groups excluding tert-OH is 1. The SMILES string of the molecule is CC(C)(CO)COC(=O)CCN=[N+]=[N-]. The Morgan fingerprint density at radius 1 is 1.64 bits per heavy atom. The summed E-state index contributed by atoms with van der Waals surface area (Å²) < 4.78 is 4.86. The number of hydrogen-bond acceptors (Lipinski definition) is 4. The molecule has 0 heterocycles. The molecule has 0 atom stereocenters. The predicted octanol–water partition coefficient (Wildman–Crippen LogP) is 1.25. The van der Waals surface area contributed by atoms with Crippen molar-refractivity contribution in [2.45, 2.75) is 20.3 Å². The topological polar surface area (TPSA) is 95.3 Å². The van der Waals surface area contributed by atoms with Crippen LogP contribution >= 0.6 is 0 Å². The highest BCUT2D eigenvalue weighted by Crippen LogP contribution is 2.13. The molecular formula is C8H15N3O3. The molecule has 0 fully saturated rings. The zero-order valence-electron chi connectivity index (χ0n) is 8.43. The van der Waals surface area contributed by atoms with Gasteiger partial charge < -0.3 is 9.84 Å². The van der Waals surface area contributed by atoms with Gasteiger partial charge in [-0.1, -0.05) is 19.0 Å². The Morgan fingerprint density at radius 3 is 2.79 bits per heavy atom. The van der Waals surface area contributed by atoms with E-state index in [1.807, 2.05) is 0 Å². The Hall–Kier alpha value is -1.26. The summed E-state index contributed by atoms with van der Waals surface area (Å²) in [6.45, 7) is 3.80. The smallest absolute Gasteiger partial charge is 0.305 e. The van der Waals surface area contributed by atoms with E-state index >= 15 is 0 Å². The zero-order chi connectivity index (χ0) is 11.0. The fraction of sp³-hybridized carbons (Fsp3) is 0.875. The van der Waals surface area contributed by atoms with Crippen LogP contribution in [-0.4, -0.2) is 30.8 Å². The summed E-state index contributed by atoms with van der Waals surface area (Å²) in [5.74, 6) is -0.418. The highest BCUT2D eigenvalue weighted by Gasteiger charge is 2.18. The van der Waals surface area contributed by atoms with Gasteiger partial charge in [0.1, 0.15) is 0 Å². The van der Waals surface area contributed by atoms with Crippen molar-refractivity contribution in [3.63, 3.8) is 0 Å². The highest BCUT2D eigenvalue weighted by molar-refractivity contribution is 5.69. The van der Waals surface area contributed by atoms with E-state index in [0.29, 0.717) is 0 Å². The van der Waals surface area contributed by atoms with Crippen molar-refractivity contribution in [1.29, 1.82) is 0 Å². The van der Waals surface area contributed by atoms with E-state index in [4.69, 9.17) is 15.4 Å². The summed E-state index contributed by atoms with van der Waals surface area (Å²) in [6.07, 6.45) is 0.0750. The molecule has 14 heavy (non-hydrogen) atoms. The maximum atomic E-state index is 11.0. The molecule has 0 aliphatic carbocycles. The molecule has 0 radical (unpaired) electrons. The normalized spacial score (nSPS) is 10.5. The van der Waals surface area contributed by atoms with E-state index in [1.54, 1.807) is 13.8 Å². The molecule has 6 heteroatoms. The van der Waals surface area contributed by atoms with Crippen molar-refractivity contribution in [3.8, 4) is 0 Å². The molecule has 0 bridgehead atoms. The van der Waals surface area contributed by atoms with Gasteiger partial charge in [0.15, 0.2) is 0 Å². The summed E-state index contributed by atoms with van der Waals surface area (Å²) in [5, 5.41) is 12.1. The molecular weight excluding hydrogens is 186 g/mol. The number of hydrogen-bond donors (Lipinski definition) is 1. The van der Waals surface area contributed by atoms with Crippen LogP contribution in [0.1, 0.15) is 20.3 Å². The summed E-state index contributed by atoms with van der Waals surface area (Å²) in [6, 6.07) is 0. The number of azide groups is 1. The number of ether oxygens (including phenoxy) is 1. The van der Waals surface area contributed by atoms with Gasteiger partial charge in [-0.2, -0.15) is 0 Å². The molecule has 1 N–H and O–H groups in total. The van der Waals surface area contributed by atoms with Crippen LogP contribution in [0.5, 0.6) is 0 Å². The van der Waals surface area contributed by atoms with Gasteiger partial charge in [0, 0.05) is 16.9 Å². The van der Waals surface area contributed by atoms with Crippen molar-refractivity contribution in [1.82, 2.24) is 0 Å². The molecule has 0 aromatic rings. The van der Waals surface area contributed by atoms with Crippen LogP contribution in [0, 0.1) is 5.41 Å². The van der Waals surface area contributed by atoms with E-state index in [0.717, 1.165) is 0 Å². The first-order chi connectivity index (χ1) is 6.52. The molecule has 0 spiro atoms. The standard InChI is InChI=1S/C8H15N3O3/c1-8(2,5-12)6-14-7(13)3-4-10-11-9/h12H,3-6H2,1-2H3. The molecule has 80 valence electrons. The quantitative estimate of drug-likeness (QED) is 0.303. The maximum Gasteiger partial charge on any atom is 0.305 e. The molecule has 0 saturated heterocycles. The van der Waals surface area contributed by atoms with Gasteiger partial charge in [-0.15, -0.1) is 0 Å². The van der Waals surface area contributed by atoms with Gasteiger partial charge in [0.2, 0.25) is 0 Å². The lowest BCUT2D eigenvalue weighted by molar-refractivity contribution is -0.147. The monoisotopic (exact) mass is 201 g/mol. The second kappa shape index (κ2) is 6.23. The molecule has 0 aromatic carbocycles. The van der Waals surface area contributed by atoms with Crippen molar-refractivity contribution in [3.05, 3.63) is 10.4 Å². The molecule has 0 unspecified atom stereocenters. The fourth-order valence-corrected chi connectivity index (χ4v) is 0.580. The minimum atomic E-state index is -0.422. The average molecular weight is 201 g/mol. The van der Waals surface area contributed by atoms with Crippen LogP contribution in [-0.2, 0) is 9.53 Å². The van der Waals surface area contributed by atoms with Gasteiger partial charge in [-0.25, -0.2) is 0 Å². The highest BCUT2D eigenvalue weighted by atomic mass is 16.5. The lowest BCUT2D eigenvalue weighted by Crippen LogP contribution is -2.25. The number of nitrogens with zero attached hydrogens (tertiary/aromatic N) is 3. The van der Waals surface area contributed by atoms with Crippen LogP contribution in [0.15, 0.2) is 5.11 Å². The first kappa shape index (κ1) is 12.7. The first-order valence-electron chi connectivity index (χ1n) is 4.29. The first-order valence-corrected chi connectivity index (χ1v) is 4.29. The molecule has 0 aliphatic rings. The average Bonchev–Trinajstić information content (AvgIpc) is 2.16. The molecule has 0 rings (SSSR count). The van der Waals surface area contributed by atoms with Crippen molar-refractivity contribution in [2.75, 3.05) is 19.8 Å². The Kier molecular flexibility index (Phi) is 5.67. The largest absolute Gasteiger partial charge is 0.465 e. The molecule has 0 aromatic heterocycles. The van der Waals surface area contributed by atoms with E-state index < -0.39 is 11.4 Å². The number of esters is 1. The zero-order valence-corrected chi connectivity index (χ0v) is 8.43. The van der Waals surface area contributed by atoms with E-state index in [1.165, 1.54) is 0 Å². The van der Waals surface area contributed by atoms with E-state index in [-0.39, 0.29) is 26.2 Å². The Bertz CT molecular complexity index is 234. The van der Waals surface area contributed by atoms with E-state index in [9.17, 15) is 4.79 Å². The fourth-order valence-electron chi connectivity index (χ4n) is 0.580. The summed E-state index contributed by atoms with van der Waals surface area (Å²) in [7, 11) is 0. The third-order valence-electron chi connectivity index (χ3n) is 1.53. The number of aliphatic hydroxyl groups is 1. The van der Waals surface area contributed by atoms with Gasteiger partial charge in [-0.3, -0.25) is 4.79 Å². The van der Waals surface area contributed by atoms with Gasteiger partial charge in [-0.05, 0) is 5.53 Å². The van der Waals surface area contributed by atoms with Gasteiger partial charge >= 0.3 is 5.97 Å². The van der Waals surface area contributed by atoms with E-state index in [2.05, 4.69) is 10.0 Å². The van der Waals surface area contributed by atoms with Crippen molar-refractivity contribution < 1.29 is 14.6 Å². The lowest BCUT2D eigenvalue weighted by atomic mass is 9.97. The summed E-state index contributed by atoms with van der Waals surface area (Å²) in [4.78, 5) is 13.5. The van der Waals surface area contributed by atoms with Crippen molar-refractivity contribution >= 4 is 5.97 Å².